The van der Waals surface area contributed by atoms with Crippen molar-refractivity contribution in [2.45, 2.75) is 32.4 Å². The van der Waals surface area contributed by atoms with E-state index >= 15 is 0 Å². The van der Waals surface area contributed by atoms with Crippen LogP contribution in [0.25, 0.3) is 0 Å². The summed E-state index contributed by atoms with van der Waals surface area (Å²) < 4.78 is 16.1. The fourth-order valence-electron chi connectivity index (χ4n) is 1.03. The Hall–Kier alpha value is -0.640. The summed E-state index contributed by atoms with van der Waals surface area (Å²) in [4.78, 5) is 11.5. The van der Waals surface area contributed by atoms with Crippen LogP contribution >= 0.6 is 0 Å². The topological polar surface area (TPSA) is 43.4 Å². The Balaban J connectivity index is 4.68. The van der Waals surface area contributed by atoms with E-state index in [1.54, 1.807) is 26.2 Å². The number of hydrogen-bond donors (Lipinski definition) is 0. The van der Waals surface area contributed by atoms with Crippen molar-refractivity contribution < 1.29 is 13.7 Å². The van der Waals surface area contributed by atoms with Crippen molar-refractivity contribution in [3.8, 4) is 0 Å². The molecule has 0 aliphatic heterocycles. The van der Waals surface area contributed by atoms with Crippen molar-refractivity contribution in [2.24, 2.45) is 0 Å². The lowest BCUT2D eigenvalue weighted by Gasteiger charge is -2.12. The quantitative estimate of drug-likeness (QED) is 0.520. The predicted octanol–water partition coefficient (Wildman–Crippen LogP) is 1.65. The molecule has 0 bridgehead atoms. The minimum Gasteiger partial charge on any atom is -0.463 e. The summed E-state index contributed by atoms with van der Waals surface area (Å²) in [7, 11) is -1.04. The summed E-state index contributed by atoms with van der Waals surface area (Å²) in [5.74, 6) is -0.350. The highest BCUT2D eigenvalue weighted by Gasteiger charge is 2.20. The highest BCUT2D eigenvalue weighted by Crippen LogP contribution is 2.11. The molecule has 0 aromatic rings. The van der Waals surface area contributed by atoms with E-state index in [4.69, 9.17) is 4.74 Å². The second kappa shape index (κ2) is 6.76. The normalized spacial score (nSPS) is 16.1. The van der Waals surface area contributed by atoms with Crippen molar-refractivity contribution >= 4 is 16.8 Å². The highest BCUT2D eigenvalue weighted by molar-refractivity contribution is 7.85. The Morgan fingerprint density at radius 3 is 2.43 bits per heavy atom. The van der Waals surface area contributed by atoms with Gasteiger partial charge in [0, 0.05) is 22.6 Å². The summed E-state index contributed by atoms with van der Waals surface area (Å²) in [5.41, 5.74) is 0.523. The van der Waals surface area contributed by atoms with Crippen LogP contribution in [0, 0.1) is 0 Å². The molecule has 3 nitrogen and oxygen atoms in total. The van der Waals surface area contributed by atoms with Crippen molar-refractivity contribution in [1.29, 1.82) is 0 Å². The summed E-state index contributed by atoms with van der Waals surface area (Å²) in [6.45, 7) is 5.82. The van der Waals surface area contributed by atoms with E-state index in [0.717, 1.165) is 6.42 Å². The Bertz CT molecular complexity index is 246. The molecular weight excluding hydrogens is 200 g/mol. The van der Waals surface area contributed by atoms with Crippen LogP contribution in [0.2, 0.25) is 0 Å². The van der Waals surface area contributed by atoms with Crippen LogP contribution in [-0.4, -0.2) is 28.3 Å². The molecule has 0 aliphatic carbocycles. The molecule has 82 valence electrons. The first kappa shape index (κ1) is 13.4. The minimum atomic E-state index is -1.04. The Morgan fingerprint density at radius 2 is 2.07 bits per heavy atom. The zero-order valence-electron chi connectivity index (χ0n) is 9.20. The molecular formula is C10H18O3S. The second-order valence-electron chi connectivity index (χ2n) is 2.93. The summed E-state index contributed by atoms with van der Waals surface area (Å²) >= 11 is 0. The lowest BCUT2D eigenvalue weighted by Crippen LogP contribution is -2.21. The molecule has 0 spiro atoms. The molecule has 0 fully saturated rings. The summed E-state index contributed by atoms with van der Waals surface area (Å²) in [5, 5.41) is -0.256. The van der Waals surface area contributed by atoms with Gasteiger partial charge in [-0.25, -0.2) is 4.79 Å². The van der Waals surface area contributed by atoms with Crippen molar-refractivity contribution in [3.63, 3.8) is 0 Å². The fourth-order valence-corrected chi connectivity index (χ4v) is 1.58. The van der Waals surface area contributed by atoms with Gasteiger partial charge in [0.15, 0.2) is 0 Å². The van der Waals surface area contributed by atoms with Crippen LogP contribution in [0.5, 0.6) is 0 Å². The van der Waals surface area contributed by atoms with E-state index in [1.165, 1.54) is 0 Å². The largest absolute Gasteiger partial charge is 0.463 e. The van der Waals surface area contributed by atoms with Crippen LogP contribution in [-0.2, 0) is 20.3 Å². The van der Waals surface area contributed by atoms with Crippen LogP contribution in [0.1, 0.15) is 27.2 Å². The predicted molar refractivity (Wildman–Crippen MR) is 58.5 cm³/mol. The third kappa shape index (κ3) is 4.05. The van der Waals surface area contributed by atoms with Gasteiger partial charge in [-0.05, 0) is 20.3 Å². The third-order valence-electron chi connectivity index (χ3n) is 1.87. The first-order valence-corrected chi connectivity index (χ1v) is 6.36. The maximum Gasteiger partial charge on any atom is 0.334 e. The molecule has 0 N–H and O–H groups in total. The van der Waals surface area contributed by atoms with Crippen LogP contribution < -0.4 is 0 Å². The Morgan fingerprint density at radius 1 is 1.50 bits per heavy atom. The first-order valence-electron chi connectivity index (χ1n) is 4.73. The van der Waals surface area contributed by atoms with Gasteiger partial charge in [0.25, 0.3) is 0 Å². The minimum absolute atomic E-state index is 0.256. The molecule has 0 radical (unpaired) electrons. The van der Waals surface area contributed by atoms with Crippen LogP contribution in [0.15, 0.2) is 11.6 Å². The fraction of sp³-hybridized carbons (Fsp3) is 0.700. The van der Waals surface area contributed by atoms with E-state index in [2.05, 4.69) is 0 Å². The maximum absolute atomic E-state index is 11.5. The zero-order chi connectivity index (χ0) is 11.1. The summed E-state index contributed by atoms with van der Waals surface area (Å²) in [6.07, 6.45) is 4.12. The zero-order valence-corrected chi connectivity index (χ0v) is 10.0. The van der Waals surface area contributed by atoms with Crippen molar-refractivity contribution in [2.75, 3.05) is 12.9 Å². The van der Waals surface area contributed by atoms with E-state index < -0.39 is 10.8 Å². The van der Waals surface area contributed by atoms with E-state index in [1.807, 2.05) is 6.92 Å². The van der Waals surface area contributed by atoms with E-state index in [0.29, 0.717) is 12.2 Å². The van der Waals surface area contributed by atoms with Gasteiger partial charge in [0.1, 0.15) is 0 Å². The highest BCUT2D eigenvalue weighted by atomic mass is 32.2. The van der Waals surface area contributed by atoms with Gasteiger partial charge < -0.3 is 4.74 Å². The van der Waals surface area contributed by atoms with Gasteiger partial charge >= 0.3 is 5.97 Å². The molecule has 0 aromatic carbocycles. The van der Waals surface area contributed by atoms with E-state index in [9.17, 15) is 9.00 Å². The first-order chi connectivity index (χ1) is 6.54. The molecule has 0 saturated heterocycles. The number of hydrogen-bond acceptors (Lipinski definition) is 3. The number of carbonyl (C=O) groups is 1. The molecule has 4 heteroatoms. The van der Waals surface area contributed by atoms with Crippen LogP contribution in [0.4, 0.5) is 0 Å². The molecule has 0 aromatic heterocycles. The Labute approximate surface area is 88.0 Å². The molecule has 0 saturated carbocycles. The molecule has 1 unspecified atom stereocenters. The van der Waals surface area contributed by atoms with Crippen LogP contribution in [0.3, 0.4) is 0 Å². The van der Waals surface area contributed by atoms with Gasteiger partial charge in [-0.1, -0.05) is 13.0 Å². The number of carbonyl (C=O) groups excluding carboxylic acids is 1. The lowest BCUT2D eigenvalue weighted by molar-refractivity contribution is -0.138. The standard InChI is InChI=1S/C10H18O3S/c1-5-7-9(8(3)14(4)12)10(11)13-6-2/h7-8H,5-6H2,1-4H3/b9-7+/t8-,14?/m1/s1. The maximum atomic E-state index is 11.5. The number of rotatable bonds is 5. The van der Waals surface area contributed by atoms with E-state index in [-0.39, 0.29) is 11.2 Å². The monoisotopic (exact) mass is 218 g/mol. The lowest BCUT2D eigenvalue weighted by atomic mass is 10.1. The molecule has 0 heterocycles. The average Bonchev–Trinajstić information content (AvgIpc) is 2.13. The van der Waals surface area contributed by atoms with Gasteiger partial charge in [-0.2, -0.15) is 0 Å². The molecule has 0 amide bonds. The summed E-state index contributed by atoms with van der Waals surface area (Å²) in [6, 6.07) is 0. The van der Waals surface area contributed by atoms with Gasteiger partial charge in [0.2, 0.25) is 0 Å². The van der Waals surface area contributed by atoms with Crippen molar-refractivity contribution in [3.05, 3.63) is 11.6 Å². The number of ether oxygens (including phenoxy) is 1. The smallest absolute Gasteiger partial charge is 0.334 e. The third-order valence-corrected chi connectivity index (χ3v) is 3.12. The second-order valence-corrected chi connectivity index (χ2v) is 4.63. The Kier molecular flexibility index (Phi) is 6.45. The molecule has 14 heavy (non-hydrogen) atoms. The van der Waals surface area contributed by atoms with Gasteiger partial charge in [0.05, 0.1) is 11.9 Å². The molecule has 2 atom stereocenters. The SMILES string of the molecule is CC/C=C(/C(=O)OCC)[C@@H](C)S(C)=O. The molecule has 0 aliphatic rings. The van der Waals surface area contributed by atoms with Gasteiger partial charge in [-0.15, -0.1) is 0 Å². The van der Waals surface area contributed by atoms with Crippen molar-refractivity contribution in [1.82, 2.24) is 0 Å². The number of allylic oxidation sites excluding steroid dienone is 1. The average molecular weight is 218 g/mol. The molecule has 0 rings (SSSR count). The number of esters is 1. The van der Waals surface area contributed by atoms with Gasteiger partial charge in [-0.3, -0.25) is 4.21 Å².